The first-order valence-electron chi connectivity index (χ1n) is 12.0. The average Bonchev–Trinajstić information content (AvgIpc) is 3.25. The number of ether oxygens (including phenoxy) is 1. The van der Waals surface area contributed by atoms with E-state index >= 15 is 0 Å². The summed E-state index contributed by atoms with van der Waals surface area (Å²) >= 11 is 5.31. The van der Waals surface area contributed by atoms with E-state index in [4.69, 9.17) is 17.0 Å². The third-order valence-electron chi connectivity index (χ3n) is 6.00. The van der Waals surface area contributed by atoms with E-state index in [9.17, 15) is 14.4 Å². The minimum Gasteiger partial charge on any atom is -0.494 e. The van der Waals surface area contributed by atoms with Gasteiger partial charge in [-0.3, -0.25) is 24.6 Å². The van der Waals surface area contributed by atoms with Crippen molar-refractivity contribution >= 4 is 63.4 Å². The Kier molecular flexibility index (Phi) is 7.01. The minimum absolute atomic E-state index is 0.00122. The summed E-state index contributed by atoms with van der Waals surface area (Å²) in [5, 5.41) is 6.29. The zero-order valence-corrected chi connectivity index (χ0v) is 21.3. The molecule has 190 valence electrons. The second kappa shape index (κ2) is 10.7. The molecule has 3 amide bonds. The van der Waals surface area contributed by atoms with E-state index in [-0.39, 0.29) is 23.1 Å². The van der Waals surface area contributed by atoms with Gasteiger partial charge in [0.2, 0.25) is 5.91 Å². The lowest BCUT2D eigenvalue weighted by Gasteiger charge is -2.29. The molecule has 1 aromatic heterocycles. The fraction of sp³-hybridized carbons (Fsp3) is 0.103. The number of rotatable bonds is 7. The highest BCUT2D eigenvalue weighted by molar-refractivity contribution is 7.80. The number of benzene rings is 3. The van der Waals surface area contributed by atoms with Crippen molar-refractivity contribution in [3.63, 3.8) is 0 Å². The summed E-state index contributed by atoms with van der Waals surface area (Å²) in [7, 11) is 0. The second-order valence-electron chi connectivity index (χ2n) is 8.53. The number of thiocarbonyl (C=S) groups is 1. The van der Waals surface area contributed by atoms with Crippen molar-refractivity contribution in [2.45, 2.75) is 13.5 Å². The molecule has 1 fully saturated rings. The van der Waals surface area contributed by atoms with Crippen LogP contribution in [0.4, 0.5) is 11.4 Å². The molecule has 0 spiro atoms. The van der Waals surface area contributed by atoms with E-state index in [1.165, 1.54) is 11.0 Å². The number of fused-ring (bicyclic) bond motifs is 1. The van der Waals surface area contributed by atoms with Crippen LogP contribution in [0.2, 0.25) is 0 Å². The largest absolute Gasteiger partial charge is 0.494 e. The van der Waals surface area contributed by atoms with Crippen LogP contribution >= 0.6 is 12.2 Å². The van der Waals surface area contributed by atoms with Gasteiger partial charge in [-0.2, -0.15) is 0 Å². The Balaban J connectivity index is 1.46. The molecule has 1 aliphatic heterocycles. The SMILES string of the molecule is CCOc1ccc(N2C(=O)/C(=C\c3cn(CC(=O)Nc4ccccc4)c4ccccc34)C(=O)NC2=S)cc1. The molecule has 2 N–H and O–H groups in total. The van der Waals surface area contributed by atoms with Gasteiger partial charge in [0.25, 0.3) is 11.8 Å². The van der Waals surface area contributed by atoms with E-state index in [1.54, 1.807) is 35.0 Å². The molecule has 5 rings (SSSR count). The molecule has 9 heteroatoms. The van der Waals surface area contributed by atoms with Gasteiger partial charge in [0, 0.05) is 28.4 Å². The Morgan fingerprint density at radius 2 is 1.71 bits per heavy atom. The van der Waals surface area contributed by atoms with Gasteiger partial charge in [-0.1, -0.05) is 36.4 Å². The molecule has 4 aromatic rings. The van der Waals surface area contributed by atoms with Crippen LogP contribution in [0.1, 0.15) is 12.5 Å². The quantitative estimate of drug-likeness (QED) is 0.211. The summed E-state index contributed by atoms with van der Waals surface area (Å²) < 4.78 is 7.27. The van der Waals surface area contributed by atoms with E-state index < -0.39 is 11.8 Å². The number of carbonyl (C=O) groups is 3. The Hall–Kier alpha value is -4.76. The van der Waals surface area contributed by atoms with E-state index in [1.807, 2.05) is 61.5 Å². The first kappa shape index (κ1) is 24.9. The summed E-state index contributed by atoms with van der Waals surface area (Å²) in [5.41, 5.74) is 2.57. The monoisotopic (exact) mass is 524 g/mol. The lowest BCUT2D eigenvalue weighted by molar-refractivity contribution is -0.122. The van der Waals surface area contributed by atoms with Crippen LogP contribution in [-0.4, -0.2) is 34.0 Å². The maximum atomic E-state index is 13.5. The van der Waals surface area contributed by atoms with Crippen molar-refractivity contribution in [1.29, 1.82) is 0 Å². The van der Waals surface area contributed by atoms with Crippen molar-refractivity contribution in [2.75, 3.05) is 16.8 Å². The predicted molar refractivity (Wildman–Crippen MR) is 151 cm³/mol. The third-order valence-corrected chi connectivity index (χ3v) is 6.28. The maximum absolute atomic E-state index is 13.5. The lowest BCUT2D eigenvalue weighted by Crippen LogP contribution is -2.54. The van der Waals surface area contributed by atoms with Gasteiger partial charge in [-0.15, -0.1) is 0 Å². The number of para-hydroxylation sites is 2. The number of nitrogens with one attached hydrogen (secondary N) is 2. The molecule has 38 heavy (non-hydrogen) atoms. The number of anilines is 2. The zero-order valence-electron chi connectivity index (χ0n) is 20.5. The number of hydrogen-bond donors (Lipinski definition) is 2. The molecule has 1 saturated heterocycles. The molecule has 0 aliphatic carbocycles. The minimum atomic E-state index is -0.583. The Morgan fingerprint density at radius 1 is 1.00 bits per heavy atom. The fourth-order valence-corrected chi connectivity index (χ4v) is 4.58. The van der Waals surface area contributed by atoms with Crippen LogP contribution in [-0.2, 0) is 20.9 Å². The van der Waals surface area contributed by atoms with Crippen molar-refractivity contribution in [2.24, 2.45) is 0 Å². The predicted octanol–water partition coefficient (Wildman–Crippen LogP) is 4.51. The third kappa shape index (κ3) is 5.05. The van der Waals surface area contributed by atoms with Gasteiger partial charge in [-0.05, 0) is 67.7 Å². The van der Waals surface area contributed by atoms with Crippen molar-refractivity contribution in [3.8, 4) is 5.75 Å². The Bertz CT molecular complexity index is 1580. The molecule has 0 bridgehead atoms. The number of nitrogens with zero attached hydrogens (tertiary/aromatic N) is 2. The molecule has 0 radical (unpaired) electrons. The molecule has 0 unspecified atom stereocenters. The highest BCUT2D eigenvalue weighted by atomic mass is 32.1. The second-order valence-corrected chi connectivity index (χ2v) is 8.92. The van der Waals surface area contributed by atoms with E-state index in [0.717, 1.165) is 10.9 Å². The molecule has 0 atom stereocenters. The molecule has 8 nitrogen and oxygen atoms in total. The van der Waals surface area contributed by atoms with Gasteiger partial charge < -0.3 is 14.6 Å². The molecule has 3 aromatic carbocycles. The van der Waals surface area contributed by atoms with Gasteiger partial charge in [-0.25, -0.2) is 0 Å². The van der Waals surface area contributed by atoms with Crippen LogP contribution in [0.5, 0.6) is 5.75 Å². The number of carbonyl (C=O) groups excluding carboxylic acids is 3. The van der Waals surface area contributed by atoms with Crippen LogP contribution in [0.3, 0.4) is 0 Å². The van der Waals surface area contributed by atoms with Gasteiger partial charge >= 0.3 is 0 Å². The number of amides is 3. The van der Waals surface area contributed by atoms with Crippen LogP contribution < -0.4 is 20.3 Å². The molecular weight excluding hydrogens is 500 g/mol. The topological polar surface area (TPSA) is 92.7 Å². The maximum Gasteiger partial charge on any atom is 0.270 e. The Labute approximate surface area is 224 Å². The van der Waals surface area contributed by atoms with Crippen LogP contribution in [0.15, 0.2) is 90.6 Å². The fourth-order valence-electron chi connectivity index (χ4n) is 4.30. The van der Waals surface area contributed by atoms with Crippen LogP contribution in [0, 0.1) is 0 Å². The summed E-state index contributed by atoms with van der Waals surface area (Å²) in [6.45, 7) is 2.46. The Morgan fingerprint density at radius 3 is 2.45 bits per heavy atom. The highest BCUT2D eigenvalue weighted by Crippen LogP contribution is 2.28. The summed E-state index contributed by atoms with van der Waals surface area (Å²) in [4.78, 5) is 40.4. The smallest absolute Gasteiger partial charge is 0.270 e. The van der Waals surface area contributed by atoms with E-state index in [2.05, 4.69) is 10.6 Å². The van der Waals surface area contributed by atoms with Gasteiger partial charge in [0.15, 0.2) is 5.11 Å². The summed E-state index contributed by atoms with van der Waals surface area (Å²) in [5.74, 6) is -0.660. The molecular formula is C29H24N4O4S. The number of aromatic nitrogens is 1. The molecule has 2 heterocycles. The normalized spacial score (nSPS) is 14.6. The zero-order chi connectivity index (χ0) is 26.6. The molecule has 0 saturated carbocycles. The summed E-state index contributed by atoms with van der Waals surface area (Å²) in [6.07, 6.45) is 3.30. The summed E-state index contributed by atoms with van der Waals surface area (Å²) in [6, 6.07) is 23.6. The average molecular weight is 525 g/mol. The lowest BCUT2D eigenvalue weighted by atomic mass is 10.1. The number of hydrogen-bond acceptors (Lipinski definition) is 5. The first-order valence-corrected chi connectivity index (χ1v) is 12.4. The van der Waals surface area contributed by atoms with Gasteiger partial charge in [0.1, 0.15) is 17.9 Å². The standard InChI is InChI=1S/C29H24N4O4S/c1-2-37-22-14-12-21(13-15-22)33-28(36)24(27(35)31-29(33)38)16-19-17-32(25-11-7-6-10-23(19)25)18-26(34)30-20-8-4-3-5-9-20/h3-17H,2,18H2,1H3,(H,30,34)(H,31,35,38)/b24-16-. The van der Waals surface area contributed by atoms with Crippen molar-refractivity contribution < 1.29 is 19.1 Å². The highest BCUT2D eigenvalue weighted by Gasteiger charge is 2.34. The van der Waals surface area contributed by atoms with Gasteiger partial charge in [0.05, 0.1) is 12.3 Å². The van der Waals surface area contributed by atoms with Crippen molar-refractivity contribution in [1.82, 2.24) is 9.88 Å². The van der Waals surface area contributed by atoms with Crippen molar-refractivity contribution in [3.05, 3.63) is 96.2 Å². The van der Waals surface area contributed by atoms with E-state index in [0.29, 0.717) is 29.3 Å². The first-order chi connectivity index (χ1) is 18.4. The molecule has 1 aliphatic rings. The van der Waals surface area contributed by atoms with Crippen LogP contribution in [0.25, 0.3) is 17.0 Å².